The SMILES string of the molecule is CC(C)(C)N(C(=O)O)C(CN)CC1CCCOC1. The average Bonchev–Trinajstić information content (AvgIpc) is 2.27. The maximum Gasteiger partial charge on any atom is 0.408 e. The van der Waals surface area contributed by atoms with Crippen LogP contribution >= 0.6 is 0 Å². The summed E-state index contributed by atoms with van der Waals surface area (Å²) in [5.74, 6) is 0.427. The van der Waals surface area contributed by atoms with Crippen molar-refractivity contribution in [2.45, 2.75) is 51.6 Å². The van der Waals surface area contributed by atoms with Crippen LogP contribution < -0.4 is 5.73 Å². The first-order valence-electron chi connectivity index (χ1n) is 6.66. The lowest BCUT2D eigenvalue weighted by Gasteiger charge is -2.40. The van der Waals surface area contributed by atoms with Crippen LogP contribution in [0.1, 0.15) is 40.0 Å². The van der Waals surface area contributed by atoms with E-state index in [0.29, 0.717) is 12.5 Å². The van der Waals surface area contributed by atoms with Crippen molar-refractivity contribution in [2.75, 3.05) is 19.8 Å². The Kier molecular flexibility index (Phi) is 5.41. The van der Waals surface area contributed by atoms with E-state index in [-0.39, 0.29) is 6.04 Å². The highest BCUT2D eigenvalue weighted by atomic mass is 16.5. The van der Waals surface area contributed by atoms with Crippen LogP contribution in [0.4, 0.5) is 4.79 Å². The zero-order chi connectivity index (χ0) is 13.8. The smallest absolute Gasteiger partial charge is 0.408 e. The van der Waals surface area contributed by atoms with Crippen LogP contribution in [0.3, 0.4) is 0 Å². The lowest BCUT2D eigenvalue weighted by atomic mass is 9.91. The van der Waals surface area contributed by atoms with E-state index in [0.717, 1.165) is 32.5 Å². The van der Waals surface area contributed by atoms with Crippen LogP contribution in [0, 0.1) is 5.92 Å². The summed E-state index contributed by atoms with van der Waals surface area (Å²) in [6.07, 6.45) is 2.06. The van der Waals surface area contributed by atoms with E-state index in [1.54, 1.807) is 0 Å². The van der Waals surface area contributed by atoms with Gasteiger partial charge in [0, 0.05) is 31.3 Å². The number of ether oxygens (including phenoxy) is 1. The molecule has 0 saturated carbocycles. The minimum atomic E-state index is -0.894. The monoisotopic (exact) mass is 258 g/mol. The zero-order valence-electron chi connectivity index (χ0n) is 11.7. The summed E-state index contributed by atoms with van der Waals surface area (Å²) in [4.78, 5) is 12.9. The molecule has 0 aromatic rings. The van der Waals surface area contributed by atoms with Gasteiger partial charge in [-0.05, 0) is 46.0 Å². The van der Waals surface area contributed by atoms with Gasteiger partial charge in [-0.1, -0.05) is 0 Å². The van der Waals surface area contributed by atoms with Crippen LogP contribution in [0.2, 0.25) is 0 Å². The van der Waals surface area contributed by atoms with Crippen molar-refractivity contribution in [1.82, 2.24) is 4.90 Å². The standard InChI is InChI=1S/C13H26N2O3/c1-13(2,3)15(12(16)17)11(8-14)7-10-5-4-6-18-9-10/h10-11H,4-9,14H2,1-3H3,(H,16,17). The number of rotatable bonds is 4. The molecule has 0 aliphatic carbocycles. The molecule has 1 fully saturated rings. The third kappa shape index (κ3) is 4.14. The summed E-state index contributed by atoms with van der Waals surface area (Å²) >= 11 is 0. The van der Waals surface area contributed by atoms with Crippen molar-refractivity contribution in [3.63, 3.8) is 0 Å². The molecule has 1 rings (SSSR count). The highest BCUT2D eigenvalue weighted by molar-refractivity contribution is 5.66. The van der Waals surface area contributed by atoms with E-state index in [2.05, 4.69) is 0 Å². The van der Waals surface area contributed by atoms with Crippen LogP contribution in [0.5, 0.6) is 0 Å². The predicted molar refractivity (Wildman–Crippen MR) is 70.6 cm³/mol. The number of hydrogen-bond donors (Lipinski definition) is 2. The molecule has 106 valence electrons. The molecule has 1 aliphatic heterocycles. The summed E-state index contributed by atoms with van der Waals surface area (Å²) in [7, 11) is 0. The van der Waals surface area contributed by atoms with E-state index in [1.165, 1.54) is 4.90 Å². The summed E-state index contributed by atoms with van der Waals surface area (Å²) in [6, 6.07) is -0.130. The molecule has 0 aromatic carbocycles. The van der Waals surface area contributed by atoms with Gasteiger partial charge in [0.2, 0.25) is 0 Å². The lowest BCUT2D eigenvalue weighted by Crippen LogP contribution is -2.54. The molecule has 5 nitrogen and oxygen atoms in total. The first-order chi connectivity index (χ1) is 8.36. The molecule has 5 heteroatoms. The van der Waals surface area contributed by atoms with Gasteiger partial charge in [0.15, 0.2) is 0 Å². The van der Waals surface area contributed by atoms with Gasteiger partial charge in [0.25, 0.3) is 0 Å². The lowest BCUT2D eigenvalue weighted by molar-refractivity contribution is 0.0237. The quantitative estimate of drug-likeness (QED) is 0.807. The second kappa shape index (κ2) is 6.38. The highest BCUT2D eigenvalue weighted by Gasteiger charge is 2.34. The van der Waals surface area contributed by atoms with Crippen LogP contribution in [0.15, 0.2) is 0 Å². The Hall–Kier alpha value is -0.810. The molecule has 2 atom stereocenters. The highest BCUT2D eigenvalue weighted by Crippen LogP contribution is 2.25. The fourth-order valence-electron chi connectivity index (χ4n) is 2.68. The van der Waals surface area contributed by atoms with Crippen molar-refractivity contribution in [3.8, 4) is 0 Å². The first-order valence-corrected chi connectivity index (χ1v) is 6.66. The Balaban J connectivity index is 2.69. The van der Waals surface area contributed by atoms with Gasteiger partial charge < -0.3 is 15.6 Å². The van der Waals surface area contributed by atoms with E-state index in [1.807, 2.05) is 20.8 Å². The normalized spacial score (nSPS) is 22.6. The summed E-state index contributed by atoms with van der Waals surface area (Å²) < 4.78 is 5.45. The van der Waals surface area contributed by atoms with Crippen LogP contribution in [-0.2, 0) is 4.74 Å². The van der Waals surface area contributed by atoms with Gasteiger partial charge in [0.05, 0.1) is 0 Å². The maximum atomic E-state index is 11.4. The summed E-state index contributed by atoms with van der Waals surface area (Å²) in [5, 5.41) is 9.38. The van der Waals surface area contributed by atoms with E-state index >= 15 is 0 Å². The van der Waals surface area contributed by atoms with Gasteiger partial charge in [-0.25, -0.2) is 4.79 Å². The largest absolute Gasteiger partial charge is 0.465 e. The van der Waals surface area contributed by atoms with Crippen molar-refractivity contribution in [3.05, 3.63) is 0 Å². The number of carbonyl (C=O) groups is 1. The van der Waals surface area contributed by atoms with Crippen molar-refractivity contribution in [2.24, 2.45) is 11.7 Å². The molecular formula is C13H26N2O3. The van der Waals surface area contributed by atoms with Gasteiger partial charge in [-0.3, -0.25) is 4.90 Å². The molecule has 1 amide bonds. The number of hydrogen-bond acceptors (Lipinski definition) is 3. The van der Waals surface area contributed by atoms with Crippen LogP contribution in [0.25, 0.3) is 0 Å². The van der Waals surface area contributed by atoms with Gasteiger partial charge in [-0.2, -0.15) is 0 Å². The van der Waals surface area contributed by atoms with Crippen LogP contribution in [-0.4, -0.2) is 47.4 Å². The Bertz CT molecular complexity index is 270. The Labute approximate surface area is 109 Å². The fraction of sp³-hybridized carbons (Fsp3) is 0.923. The molecule has 3 N–H and O–H groups in total. The van der Waals surface area contributed by atoms with Gasteiger partial charge in [0.1, 0.15) is 0 Å². The van der Waals surface area contributed by atoms with Crippen molar-refractivity contribution < 1.29 is 14.6 Å². The molecule has 0 bridgehead atoms. The Morgan fingerprint density at radius 1 is 1.56 bits per heavy atom. The van der Waals surface area contributed by atoms with Crippen molar-refractivity contribution >= 4 is 6.09 Å². The minimum Gasteiger partial charge on any atom is -0.465 e. The molecule has 0 spiro atoms. The summed E-state index contributed by atoms with van der Waals surface area (Å²) in [6.45, 7) is 7.63. The third-order valence-electron chi connectivity index (χ3n) is 3.43. The van der Waals surface area contributed by atoms with E-state index < -0.39 is 11.6 Å². The van der Waals surface area contributed by atoms with Gasteiger partial charge >= 0.3 is 6.09 Å². The number of nitrogens with zero attached hydrogens (tertiary/aromatic N) is 1. The van der Waals surface area contributed by atoms with E-state index in [9.17, 15) is 9.90 Å². The Morgan fingerprint density at radius 2 is 2.22 bits per heavy atom. The van der Waals surface area contributed by atoms with Crippen molar-refractivity contribution in [1.29, 1.82) is 0 Å². The molecule has 18 heavy (non-hydrogen) atoms. The molecule has 1 heterocycles. The molecule has 0 aromatic heterocycles. The fourth-order valence-corrected chi connectivity index (χ4v) is 2.68. The minimum absolute atomic E-state index is 0.130. The second-order valence-electron chi connectivity index (χ2n) is 6.03. The maximum absolute atomic E-state index is 11.4. The topological polar surface area (TPSA) is 75.8 Å². The third-order valence-corrected chi connectivity index (χ3v) is 3.43. The first kappa shape index (κ1) is 15.2. The molecule has 1 saturated heterocycles. The molecule has 0 radical (unpaired) electrons. The van der Waals surface area contributed by atoms with E-state index in [4.69, 9.17) is 10.5 Å². The zero-order valence-corrected chi connectivity index (χ0v) is 11.7. The van der Waals surface area contributed by atoms with Gasteiger partial charge in [-0.15, -0.1) is 0 Å². The number of carboxylic acid groups (broad SMARTS) is 1. The average molecular weight is 258 g/mol. The number of nitrogens with two attached hydrogens (primary N) is 1. The molecule has 2 unspecified atom stereocenters. The second-order valence-corrected chi connectivity index (χ2v) is 6.03. The number of amides is 1. The predicted octanol–water partition coefficient (Wildman–Crippen LogP) is 1.91. The summed E-state index contributed by atoms with van der Waals surface area (Å²) in [5.41, 5.74) is 5.35. The molecule has 1 aliphatic rings. The Morgan fingerprint density at radius 3 is 2.61 bits per heavy atom. The molecular weight excluding hydrogens is 232 g/mol.